The second-order valence-corrected chi connectivity index (χ2v) is 5.20. The van der Waals surface area contributed by atoms with Crippen molar-refractivity contribution in [2.45, 2.75) is 19.9 Å². The Morgan fingerprint density at radius 3 is 2.48 bits per heavy atom. The fourth-order valence-corrected chi connectivity index (χ4v) is 2.59. The molecule has 7 nitrogen and oxygen atoms in total. The van der Waals surface area contributed by atoms with Crippen LogP contribution in [0, 0.1) is 0 Å². The highest BCUT2D eigenvalue weighted by Gasteiger charge is 2.24. The van der Waals surface area contributed by atoms with E-state index < -0.39 is 22.8 Å². The quantitative estimate of drug-likeness (QED) is 0.612. The summed E-state index contributed by atoms with van der Waals surface area (Å²) < 4.78 is 16.8. The molecular weight excluding hydrogens is 326 g/mol. The van der Waals surface area contributed by atoms with Crippen LogP contribution in [0.15, 0.2) is 29.6 Å². The Bertz CT molecular complexity index is 868. The lowest BCUT2D eigenvalue weighted by atomic mass is 10.1. The van der Waals surface area contributed by atoms with Gasteiger partial charge in [-0.3, -0.25) is 4.79 Å². The highest BCUT2D eigenvalue weighted by atomic mass is 16.5. The van der Waals surface area contributed by atoms with Crippen LogP contribution >= 0.6 is 0 Å². The molecule has 25 heavy (non-hydrogen) atoms. The summed E-state index contributed by atoms with van der Waals surface area (Å²) >= 11 is 0. The van der Waals surface area contributed by atoms with Crippen LogP contribution < -0.4 is 15.0 Å². The Labute approximate surface area is 145 Å². The molecule has 0 atom stereocenters. The van der Waals surface area contributed by atoms with E-state index in [1.54, 1.807) is 19.1 Å². The van der Waals surface area contributed by atoms with E-state index in [2.05, 4.69) is 6.58 Å². The van der Waals surface area contributed by atoms with E-state index in [4.69, 9.17) is 14.2 Å². The van der Waals surface area contributed by atoms with Gasteiger partial charge < -0.3 is 23.9 Å². The third-order valence-electron chi connectivity index (χ3n) is 3.78. The number of hydrogen-bond donors (Lipinski definition) is 1. The predicted octanol–water partition coefficient (Wildman–Crippen LogP) is 2.48. The van der Waals surface area contributed by atoms with Gasteiger partial charge in [-0.2, -0.15) is 0 Å². The summed E-state index contributed by atoms with van der Waals surface area (Å²) in [4.78, 5) is 24.9. The largest absolute Gasteiger partial charge is 0.506 e. The first-order valence-electron chi connectivity index (χ1n) is 7.79. The number of pyridine rings is 1. The van der Waals surface area contributed by atoms with E-state index in [0.29, 0.717) is 35.4 Å². The zero-order chi connectivity index (χ0) is 18.6. The number of fused-ring (bicyclic) bond motifs is 1. The highest BCUT2D eigenvalue weighted by molar-refractivity contribution is 6.00. The van der Waals surface area contributed by atoms with Gasteiger partial charge in [-0.25, -0.2) is 4.79 Å². The van der Waals surface area contributed by atoms with Crippen molar-refractivity contribution < 1.29 is 24.1 Å². The Morgan fingerprint density at radius 1 is 1.28 bits per heavy atom. The maximum Gasteiger partial charge on any atom is 0.347 e. The minimum absolute atomic E-state index is 0.0916. The number of carbonyl (C=O) groups excluding carboxylic acids is 1. The molecule has 1 N–H and O–H groups in total. The van der Waals surface area contributed by atoms with Gasteiger partial charge in [-0.05, 0) is 19.4 Å². The van der Waals surface area contributed by atoms with Crippen molar-refractivity contribution in [3.8, 4) is 17.2 Å². The summed E-state index contributed by atoms with van der Waals surface area (Å²) in [5.74, 6) is -0.526. The number of hydrogen-bond acceptors (Lipinski definition) is 6. The van der Waals surface area contributed by atoms with Crippen LogP contribution in [0.2, 0.25) is 0 Å². The number of esters is 1. The van der Waals surface area contributed by atoms with E-state index in [9.17, 15) is 14.7 Å². The molecule has 0 spiro atoms. The van der Waals surface area contributed by atoms with Crippen molar-refractivity contribution in [2.75, 3.05) is 20.8 Å². The number of aromatic nitrogens is 1. The molecule has 0 aliphatic carbocycles. The van der Waals surface area contributed by atoms with Crippen LogP contribution in [0.1, 0.15) is 23.7 Å². The molecule has 2 aromatic rings. The van der Waals surface area contributed by atoms with E-state index in [0.717, 1.165) is 0 Å². The van der Waals surface area contributed by atoms with E-state index in [1.807, 2.05) is 0 Å². The Kier molecular flexibility index (Phi) is 5.69. The maximum atomic E-state index is 12.8. The van der Waals surface area contributed by atoms with Crippen molar-refractivity contribution >= 4 is 16.9 Å². The molecule has 0 fully saturated rings. The molecule has 0 unspecified atom stereocenters. The van der Waals surface area contributed by atoms with Gasteiger partial charge in [0.05, 0.1) is 26.3 Å². The number of aryl methyl sites for hydroxylation is 1. The molecule has 2 rings (SSSR count). The monoisotopic (exact) mass is 347 g/mol. The standard InChI is InChI=1S/C18H21NO6/c1-5-7-8-19-12-10-14(24-4)13(23-3)9-11(12)16(20)15(17(19)21)18(22)25-6-2/h5,9-10,20H,1,6-8H2,2-4H3. The molecule has 0 aliphatic heterocycles. The number of carbonyl (C=O) groups is 1. The topological polar surface area (TPSA) is 87.0 Å². The van der Waals surface area contributed by atoms with E-state index in [-0.39, 0.29) is 6.61 Å². The molecule has 0 saturated heterocycles. The lowest BCUT2D eigenvalue weighted by Gasteiger charge is -2.16. The van der Waals surface area contributed by atoms with Crippen molar-refractivity contribution in [3.63, 3.8) is 0 Å². The Morgan fingerprint density at radius 2 is 1.92 bits per heavy atom. The summed E-state index contributed by atoms with van der Waals surface area (Å²) in [6, 6.07) is 3.11. The second-order valence-electron chi connectivity index (χ2n) is 5.20. The number of nitrogens with zero attached hydrogens (tertiary/aromatic N) is 1. The number of ether oxygens (including phenoxy) is 3. The average molecular weight is 347 g/mol. The SMILES string of the molecule is C=CCCn1c(=O)c(C(=O)OCC)c(O)c2cc(OC)c(OC)cc21. The van der Waals surface area contributed by atoms with Crippen LogP contribution in [0.5, 0.6) is 17.2 Å². The molecule has 0 bridgehead atoms. The summed E-state index contributed by atoms with van der Waals surface area (Å²) in [7, 11) is 2.93. The van der Waals surface area contributed by atoms with Crippen LogP contribution in [0.4, 0.5) is 0 Å². The van der Waals surface area contributed by atoms with Gasteiger partial charge in [0.2, 0.25) is 0 Å². The van der Waals surface area contributed by atoms with Gasteiger partial charge >= 0.3 is 5.97 Å². The number of methoxy groups -OCH3 is 2. The minimum Gasteiger partial charge on any atom is -0.506 e. The van der Waals surface area contributed by atoms with Gasteiger partial charge in [-0.15, -0.1) is 6.58 Å². The Balaban J connectivity index is 2.89. The van der Waals surface area contributed by atoms with Crippen molar-refractivity contribution in [2.24, 2.45) is 0 Å². The number of rotatable bonds is 7. The van der Waals surface area contributed by atoms with Gasteiger partial charge in [-0.1, -0.05) is 6.08 Å². The number of allylic oxidation sites excluding steroid dienone is 1. The van der Waals surface area contributed by atoms with Gasteiger partial charge in [0, 0.05) is 18.0 Å². The average Bonchev–Trinajstić information content (AvgIpc) is 2.60. The second kappa shape index (κ2) is 7.74. The fourth-order valence-electron chi connectivity index (χ4n) is 2.59. The maximum absolute atomic E-state index is 12.8. The Hall–Kier alpha value is -2.96. The number of benzene rings is 1. The smallest absolute Gasteiger partial charge is 0.347 e. The van der Waals surface area contributed by atoms with Crippen molar-refractivity contribution in [1.82, 2.24) is 4.57 Å². The van der Waals surface area contributed by atoms with E-state index >= 15 is 0 Å². The molecule has 0 saturated carbocycles. The summed E-state index contributed by atoms with van der Waals surface area (Å²) in [5.41, 5.74) is -0.599. The fraction of sp³-hybridized carbons (Fsp3) is 0.333. The van der Waals surface area contributed by atoms with Gasteiger partial charge in [0.25, 0.3) is 5.56 Å². The van der Waals surface area contributed by atoms with Crippen LogP contribution in [0.25, 0.3) is 10.9 Å². The van der Waals surface area contributed by atoms with E-state index in [1.165, 1.54) is 24.9 Å². The third kappa shape index (κ3) is 3.31. The molecule has 134 valence electrons. The molecule has 0 aliphatic rings. The first kappa shape index (κ1) is 18.4. The third-order valence-corrected chi connectivity index (χ3v) is 3.78. The zero-order valence-corrected chi connectivity index (χ0v) is 14.5. The minimum atomic E-state index is -0.867. The predicted molar refractivity (Wildman–Crippen MR) is 93.7 cm³/mol. The number of aromatic hydroxyl groups is 1. The normalized spacial score (nSPS) is 10.5. The lowest BCUT2D eigenvalue weighted by molar-refractivity contribution is 0.0520. The summed E-state index contributed by atoms with van der Waals surface area (Å²) in [6.45, 7) is 5.66. The molecule has 1 heterocycles. The lowest BCUT2D eigenvalue weighted by Crippen LogP contribution is -2.28. The summed E-state index contributed by atoms with van der Waals surface area (Å²) in [6.07, 6.45) is 2.17. The molecule has 0 radical (unpaired) electrons. The van der Waals surface area contributed by atoms with Crippen molar-refractivity contribution in [3.05, 3.63) is 40.7 Å². The highest BCUT2D eigenvalue weighted by Crippen LogP contribution is 2.36. The van der Waals surface area contributed by atoms with Gasteiger partial charge in [0.15, 0.2) is 17.1 Å². The van der Waals surface area contributed by atoms with Crippen LogP contribution in [-0.2, 0) is 11.3 Å². The molecule has 7 heteroatoms. The molecule has 0 amide bonds. The molecule has 1 aromatic heterocycles. The molecular formula is C18H21NO6. The van der Waals surface area contributed by atoms with Gasteiger partial charge in [0.1, 0.15) is 5.75 Å². The summed E-state index contributed by atoms with van der Waals surface area (Å²) in [5, 5.41) is 10.8. The zero-order valence-electron chi connectivity index (χ0n) is 14.5. The first-order chi connectivity index (χ1) is 12.0. The van der Waals surface area contributed by atoms with Crippen LogP contribution in [-0.4, -0.2) is 36.5 Å². The molecule has 1 aromatic carbocycles. The first-order valence-corrected chi connectivity index (χ1v) is 7.79. The van der Waals surface area contributed by atoms with Crippen molar-refractivity contribution in [1.29, 1.82) is 0 Å². The van der Waals surface area contributed by atoms with Crippen LogP contribution in [0.3, 0.4) is 0 Å².